The first-order valence-electron chi connectivity index (χ1n) is 5.21. The highest BCUT2D eigenvalue weighted by atomic mass is 32.2. The predicted molar refractivity (Wildman–Crippen MR) is 66.7 cm³/mol. The third kappa shape index (κ3) is 3.44. The number of nitrogens with one attached hydrogen (secondary N) is 1. The third-order valence-corrected chi connectivity index (χ3v) is 3.37. The molecule has 0 spiro atoms. The van der Waals surface area contributed by atoms with Crippen molar-refractivity contribution >= 4 is 21.5 Å². The average Bonchev–Trinajstić information content (AvgIpc) is 2.24. The molecule has 1 atom stereocenters. The normalized spacial score (nSPS) is 13.1. The minimum atomic E-state index is -3.54. The zero-order chi connectivity index (χ0) is 13.9. The Bertz CT molecular complexity index is 551. The number of sulfone groups is 1. The maximum Gasteiger partial charge on any atom is 0.337 e. The van der Waals surface area contributed by atoms with Gasteiger partial charge in [-0.25, -0.2) is 13.2 Å². The number of carboxylic acid groups (broad SMARTS) is 1. The summed E-state index contributed by atoms with van der Waals surface area (Å²) < 4.78 is 23.2. The van der Waals surface area contributed by atoms with Crippen molar-refractivity contribution in [1.82, 2.24) is 0 Å². The number of aliphatic hydroxyl groups is 1. The molecule has 0 fully saturated rings. The Balaban J connectivity index is 3.35. The Kier molecular flexibility index (Phi) is 4.31. The van der Waals surface area contributed by atoms with Crippen LogP contribution >= 0.6 is 0 Å². The first-order chi connectivity index (χ1) is 8.23. The quantitative estimate of drug-likeness (QED) is 0.725. The molecule has 0 aliphatic rings. The number of rotatable bonds is 5. The maximum atomic E-state index is 11.6. The highest BCUT2D eigenvalue weighted by molar-refractivity contribution is 7.90. The SMILES string of the molecule is C[C@H](O)CNc1c(C(=O)O)cccc1S(C)(=O)=O. The van der Waals surface area contributed by atoms with Crippen LogP contribution in [0.2, 0.25) is 0 Å². The zero-order valence-electron chi connectivity index (χ0n) is 10.0. The highest BCUT2D eigenvalue weighted by Gasteiger charge is 2.20. The van der Waals surface area contributed by atoms with Crippen LogP contribution in [0.3, 0.4) is 0 Å². The van der Waals surface area contributed by atoms with Crippen molar-refractivity contribution in [2.24, 2.45) is 0 Å². The maximum absolute atomic E-state index is 11.6. The summed E-state index contributed by atoms with van der Waals surface area (Å²) in [5.41, 5.74) is -0.132. The van der Waals surface area contributed by atoms with Crippen molar-refractivity contribution in [3.63, 3.8) is 0 Å². The minimum Gasteiger partial charge on any atom is -0.478 e. The summed E-state index contributed by atoms with van der Waals surface area (Å²) in [5.74, 6) is -1.23. The number of aromatic carboxylic acids is 1. The van der Waals surface area contributed by atoms with Crippen molar-refractivity contribution in [2.45, 2.75) is 17.9 Å². The number of para-hydroxylation sites is 1. The summed E-state index contributed by atoms with van der Waals surface area (Å²) in [4.78, 5) is 11.0. The van der Waals surface area contributed by atoms with Crippen LogP contribution in [0.5, 0.6) is 0 Å². The molecule has 1 aromatic rings. The van der Waals surface area contributed by atoms with Crippen molar-refractivity contribution < 1.29 is 23.4 Å². The van der Waals surface area contributed by atoms with Gasteiger partial charge in [0.05, 0.1) is 22.3 Å². The lowest BCUT2D eigenvalue weighted by atomic mass is 10.1. The molecular weight excluding hydrogens is 258 g/mol. The van der Waals surface area contributed by atoms with Gasteiger partial charge in [-0.05, 0) is 19.1 Å². The van der Waals surface area contributed by atoms with Crippen LogP contribution in [0.25, 0.3) is 0 Å². The van der Waals surface area contributed by atoms with E-state index < -0.39 is 21.9 Å². The van der Waals surface area contributed by atoms with E-state index in [0.717, 1.165) is 6.26 Å². The summed E-state index contributed by atoms with van der Waals surface area (Å²) >= 11 is 0. The van der Waals surface area contributed by atoms with Crippen molar-refractivity contribution in [3.8, 4) is 0 Å². The summed E-state index contributed by atoms with van der Waals surface area (Å²) in [6, 6.07) is 4.00. The monoisotopic (exact) mass is 273 g/mol. The van der Waals surface area contributed by atoms with Crippen LogP contribution < -0.4 is 5.32 Å². The first-order valence-corrected chi connectivity index (χ1v) is 7.11. The molecular formula is C11H15NO5S. The molecule has 0 radical (unpaired) electrons. The molecule has 0 saturated carbocycles. The molecule has 0 amide bonds. The van der Waals surface area contributed by atoms with E-state index in [9.17, 15) is 18.3 Å². The lowest BCUT2D eigenvalue weighted by molar-refractivity contribution is 0.0697. The van der Waals surface area contributed by atoms with Crippen LogP contribution in [-0.2, 0) is 9.84 Å². The minimum absolute atomic E-state index is 0.00778. The number of hydrogen-bond donors (Lipinski definition) is 3. The molecule has 1 aromatic carbocycles. The lowest BCUT2D eigenvalue weighted by Crippen LogP contribution is -2.19. The Hall–Kier alpha value is -1.60. The van der Waals surface area contributed by atoms with E-state index in [-0.39, 0.29) is 22.7 Å². The summed E-state index contributed by atoms with van der Waals surface area (Å²) in [6.45, 7) is 1.57. The topological polar surface area (TPSA) is 104 Å². The summed E-state index contributed by atoms with van der Waals surface area (Å²) in [7, 11) is -3.54. The van der Waals surface area contributed by atoms with Crippen LogP contribution in [0.1, 0.15) is 17.3 Å². The van der Waals surface area contributed by atoms with Gasteiger partial charge in [-0.15, -0.1) is 0 Å². The van der Waals surface area contributed by atoms with Gasteiger partial charge < -0.3 is 15.5 Å². The van der Waals surface area contributed by atoms with Crippen molar-refractivity contribution in [2.75, 3.05) is 18.1 Å². The molecule has 1 rings (SSSR count). The van der Waals surface area contributed by atoms with Gasteiger partial charge in [0.2, 0.25) is 0 Å². The molecule has 100 valence electrons. The molecule has 18 heavy (non-hydrogen) atoms. The van der Waals surface area contributed by atoms with E-state index in [0.29, 0.717) is 0 Å². The number of hydrogen-bond acceptors (Lipinski definition) is 5. The van der Waals surface area contributed by atoms with Gasteiger partial charge in [0, 0.05) is 12.8 Å². The van der Waals surface area contributed by atoms with Crippen LogP contribution in [-0.4, -0.2) is 43.5 Å². The van der Waals surface area contributed by atoms with Gasteiger partial charge in [0.15, 0.2) is 9.84 Å². The van der Waals surface area contributed by atoms with Crippen LogP contribution in [0, 0.1) is 0 Å². The molecule has 3 N–H and O–H groups in total. The zero-order valence-corrected chi connectivity index (χ0v) is 10.9. The van der Waals surface area contributed by atoms with Gasteiger partial charge in [0.25, 0.3) is 0 Å². The smallest absolute Gasteiger partial charge is 0.337 e. The number of carboxylic acids is 1. The fraction of sp³-hybridized carbons (Fsp3) is 0.364. The van der Waals surface area contributed by atoms with E-state index in [1.165, 1.54) is 25.1 Å². The van der Waals surface area contributed by atoms with E-state index in [4.69, 9.17) is 5.11 Å². The van der Waals surface area contributed by atoms with E-state index >= 15 is 0 Å². The van der Waals surface area contributed by atoms with Gasteiger partial charge in [-0.1, -0.05) is 6.07 Å². The molecule has 0 aromatic heterocycles. The predicted octanol–water partition coefficient (Wildman–Crippen LogP) is 0.581. The van der Waals surface area contributed by atoms with Crippen molar-refractivity contribution in [3.05, 3.63) is 23.8 Å². The number of benzene rings is 1. The van der Waals surface area contributed by atoms with Crippen LogP contribution in [0.15, 0.2) is 23.1 Å². The second kappa shape index (κ2) is 5.36. The van der Waals surface area contributed by atoms with E-state index in [1.807, 2.05) is 0 Å². The second-order valence-electron chi connectivity index (χ2n) is 3.99. The Labute approximate surface area is 105 Å². The number of anilines is 1. The highest BCUT2D eigenvalue weighted by Crippen LogP contribution is 2.25. The summed E-state index contributed by atoms with van der Waals surface area (Å²) in [5, 5.41) is 20.9. The van der Waals surface area contributed by atoms with Crippen molar-refractivity contribution in [1.29, 1.82) is 0 Å². The Morgan fingerprint density at radius 3 is 2.50 bits per heavy atom. The van der Waals surface area contributed by atoms with E-state index in [1.54, 1.807) is 0 Å². The Morgan fingerprint density at radius 1 is 1.44 bits per heavy atom. The fourth-order valence-electron chi connectivity index (χ4n) is 1.45. The molecule has 6 nitrogen and oxygen atoms in total. The first kappa shape index (κ1) is 14.5. The number of aliphatic hydroxyl groups excluding tert-OH is 1. The molecule has 0 heterocycles. The third-order valence-electron chi connectivity index (χ3n) is 2.23. The lowest BCUT2D eigenvalue weighted by Gasteiger charge is -2.14. The fourth-order valence-corrected chi connectivity index (χ4v) is 2.33. The Morgan fingerprint density at radius 2 is 2.06 bits per heavy atom. The number of carbonyl (C=O) groups is 1. The molecule has 0 saturated heterocycles. The standard InChI is InChI=1S/C11H15NO5S/c1-7(13)6-12-10-8(11(14)15)4-3-5-9(10)18(2,16)17/h3-5,7,12-13H,6H2,1-2H3,(H,14,15)/t7-/m0/s1. The average molecular weight is 273 g/mol. The molecule has 0 bridgehead atoms. The molecule has 0 unspecified atom stereocenters. The molecule has 0 aliphatic heterocycles. The summed E-state index contributed by atoms with van der Waals surface area (Å²) in [6.07, 6.45) is 0.279. The van der Waals surface area contributed by atoms with Gasteiger partial charge >= 0.3 is 5.97 Å². The van der Waals surface area contributed by atoms with Gasteiger partial charge in [-0.2, -0.15) is 0 Å². The van der Waals surface area contributed by atoms with Crippen LogP contribution in [0.4, 0.5) is 5.69 Å². The molecule has 7 heteroatoms. The largest absolute Gasteiger partial charge is 0.478 e. The van der Waals surface area contributed by atoms with Gasteiger partial charge in [-0.3, -0.25) is 0 Å². The molecule has 0 aliphatic carbocycles. The second-order valence-corrected chi connectivity index (χ2v) is 5.97. The van der Waals surface area contributed by atoms with E-state index in [2.05, 4.69) is 5.32 Å². The van der Waals surface area contributed by atoms with Gasteiger partial charge in [0.1, 0.15) is 0 Å².